The number of nitrogens with two attached hydrogens (primary N) is 1. The molecule has 3 heterocycles. The number of fused-ring (bicyclic) bond motifs is 1. The van der Waals surface area contributed by atoms with E-state index >= 15 is 0 Å². The van der Waals surface area contributed by atoms with Crippen LogP contribution in [-0.2, 0) is 6.42 Å². The summed E-state index contributed by atoms with van der Waals surface area (Å²) in [4.78, 5) is 5.83. The maximum absolute atomic E-state index is 5.96. The van der Waals surface area contributed by atoms with Gasteiger partial charge in [0.2, 0.25) is 0 Å². The van der Waals surface area contributed by atoms with Crippen molar-refractivity contribution in [3.63, 3.8) is 0 Å². The Morgan fingerprint density at radius 3 is 3.00 bits per heavy atom. The van der Waals surface area contributed by atoms with Crippen molar-refractivity contribution in [3.8, 4) is 0 Å². The number of imidazole rings is 1. The number of hydrogen-bond acceptors (Lipinski definition) is 3. The molecule has 3 nitrogen and oxygen atoms in total. The summed E-state index contributed by atoms with van der Waals surface area (Å²) in [5, 5.41) is 2.08. The Kier molecular flexibility index (Phi) is 2.64. The first-order chi connectivity index (χ1) is 8.25. The van der Waals surface area contributed by atoms with Crippen LogP contribution in [0.2, 0.25) is 0 Å². The monoisotopic (exact) mass is 307 g/mol. The Morgan fingerprint density at radius 1 is 1.35 bits per heavy atom. The summed E-state index contributed by atoms with van der Waals surface area (Å²) in [7, 11) is 0. The Hall–Kier alpha value is -1.33. The van der Waals surface area contributed by atoms with Gasteiger partial charge in [0.05, 0.1) is 5.69 Å². The first kappa shape index (κ1) is 10.8. The lowest BCUT2D eigenvalue weighted by molar-refractivity contribution is 0.972. The van der Waals surface area contributed by atoms with Crippen molar-refractivity contribution in [2.45, 2.75) is 6.42 Å². The summed E-state index contributed by atoms with van der Waals surface area (Å²) in [5.74, 6) is 1.00. The molecular formula is C12H10BrN3S. The van der Waals surface area contributed by atoms with E-state index < -0.39 is 0 Å². The van der Waals surface area contributed by atoms with Crippen molar-refractivity contribution in [2.24, 2.45) is 0 Å². The van der Waals surface area contributed by atoms with Gasteiger partial charge in [0.25, 0.3) is 0 Å². The van der Waals surface area contributed by atoms with Crippen LogP contribution in [0.4, 0.5) is 5.69 Å². The fourth-order valence-electron chi connectivity index (χ4n) is 1.87. The first-order valence-electron chi connectivity index (χ1n) is 5.19. The molecule has 0 atom stereocenters. The van der Waals surface area contributed by atoms with Gasteiger partial charge in [-0.2, -0.15) is 0 Å². The Balaban J connectivity index is 2.15. The average Bonchev–Trinajstić information content (AvgIpc) is 2.90. The van der Waals surface area contributed by atoms with E-state index in [0.717, 1.165) is 28.1 Å². The number of hydrogen-bond donors (Lipinski definition) is 1. The molecule has 5 heteroatoms. The van der Waals surface area contributed by atoms with Crippen LogP contribution in [0.3, 0.4) is 0 Å². The highest BCUT2D eigenvalue weighted by Crippen LogP contribution is 2.26. The van der Waals surface area contributed by atoms with E-state index in [0.29, 0.717) is 0 Å². The van der Waals surface area contributed by atoms with Crippen LogP contribution in [0.5, 0.6) is 0 Å². The molecule has 3 rings (SSSR count). The largest absolute Gasteiger partial charge is 0.397 e. The minimum absolute atomic E-state index is 0.740. The molecule has 0 saturated heterocycles. The molecule has 17 heavy (non-hydrogen) atoms. The topological polar surface area (TPSA) is 43.3 Å². The number of pyridine rings is 1. The fourth-order valence-corrected chi connectivity index (χ4v) is 3.20. The standard InChI is InChI=1S/C12H10BrN3S/c13-12-11-9(14)4-1-5-16(11)10(15-12)7-8-3-2-6-17-8/h1-6H,7,14H2. The summed E-state index contributed by atoms with van der Waals surface area (Å²) in [6.45, 7) is 0. The van der Waals surface area contributed by atoms with Gasteiger partial charge in [-0.15, -0.1) is 11.3 Å². The van der Waals surface area contributed by atoms with Crippen molar-refractivity contribution in [2.75, 3.05) is 5.73 Å². The van der Waals surface area contributed by atoms with Gasteiger partial charge in [-0.05, 0) is 39.5 Å². The predicted octanol–water partition coefficient (Wildman–Crippen LogP) is 3.33. The van der Waals surface area contributed by atoms with Crippen LogP contribution in [0.15, 0.2) is 40.4 Å². The van der Waals surface area contributed by atoms with E-state index in [1.54, 1.807) is 11.3 Å². The van der Waals surface area contributed by atoms with Crippen LogP contribution >= 0.6 is 27.3 Å². The van der Waals surface area contributed by atoms with Crippen molar-refractivity contribution in [1.29, 1.82) is 0 Å². The van der Waals surface area contributed by atoms with Crippen molar-refractivity contribution in [1.82, 2.24) is 9.38 Å². The summed E-state index contributed by atoms with van der Waals surface area (Å²) in [6.07, 6.45) is 2.82. The molecule has 3 aromatic rings. The zero-order valence-electron chi connectivity index (χ0n) is 8.93. The van der Waals surface area contributed by atoms with Crippen LogP contribution in [0.1, 0.15) is 10.7 Å². The second kappa shape index (κ2) is 4.16. The lowest BCUT2D eigenvalue weighted by Gasteiger charge is -2.01. The second-order valence-electron chi connectivity index (χ2n) is 3.76. The molecule has 0 fully saturated rings. The molecule has 0 amide bonds. The van der Waals surface area contributed by atoms with E-state index in [-0.39, 0.29) is 0 Å². The van der Waals surface area contributed by atoms with E-state index in [1.807, 2.05) is 22.7 Å². The molecule has 86 valence electrons. The molecule has 0 saturated carbocycles. The van der Waals surface area contributed by atoms with Crippen LogP contribution in [0, 0.1) is 0 Å². The van der Waals surface area contributed by atoms with Gasteiger partial charge in [0.1, 0.15) is 15.9 Å². The lowest BCUT2D eigenvalue weighted by atomic mass is 10.3. The average molecular weight is 308 g/mol. The number of thiophene rings is 1. The predicted molar refractivity (Wildman–Crippen MR) is 74.4 cm³/mol. The van der Waals surface area contributed by atoms with Gasteiger partial charge in [-0.1, -0.05) is 6.07 Å². The highest BCUT2D eigenvalue weighted by Gasteiger charge is 2.11. The Bertz CT molecular complexity index is 658. The summed E-state index contributed by atoms with van der Waals surface area (Å²) >= 11 is 5.20. The third kappa shape index (κ3) is 1.85. The minimum Gasteiger partial charge on any atom is -0.397 e. The maximum Gasteiger partial charge on any atom is 0.134 e. The number of nitrogen functional groups attached to an aromatic ring is 1. The highest BCUT2D eigenvalue weighted by molar-refractivity contribution is 9.10. The first-order valence-corrected chi connectivity index (χ1v) is 6.86. The quantitative estimate of drug-likeness (QED) is 0.789. The maximum atomic E-state index is 5.96. The molecule has 0 aromatic carbocycles. The molecule has 0 aliphatic heterocycles. The number of nitrogens with zero attached hydrogens (tertiary/aromatic N) is 2. The second-order valence-corrected chi connectivity index (χ2v) is 5.54. The van der Waals surface area contributed by atoms with Crippen molar-refractivity contribution in [3.05, 3.63) is 51.1 Å². The van der Waals surface area contributed by atoms with Gasteiger partial charge in [0, 0.05) is 17.5 Å². The van der Waals surface area contributed by atoms with E-state index in [4.69, 9.17) is 5.73 Å². The number of anilines is 1. The van der Waals surface area contributed by atoms with Crippen LogP contribution < -0.4 is 5.73 Å². The molecular weight excluding hydrogens is 298 g/mol. The zero-order valence-corrected chi connectivity index (χ0v) is 11.3. The molecule has 2 N–H and O–H groups in total. The molecule has 0 aliphatic rings. The fraction of sp³-hybridized carbons (Fsp3) is 0.0833. The normalized spacial score (nSPS) is 11.1. The third-order valence-electron chi connectivity index (χ3n) is 2.64. The summed E-state index contributed by atoms with van der Waals surface area (Å²) in [5.41, 5.74) is 7.64. The van der Waals surface area contributed by atoms with Gasteiger partial charge in [-0.3, -0.25) is 0 Å². The molecule has 0 unspecified atom stereocenters. The van der Waals surface area contributed by atoms with Gasteiger partial charge in [-0.25, -0.2) is 4.98 Å². The summed E-state index contributed by atoms with van der Waals surface area (Å²) < 4.78 is 2.85. The lowest BCUT2D eigenvalue weighted by Crippen LogP contribution is -1.96. The third-order valence-corrected chi connectivity index (χ3v) is 4.07. The van der Waals surface area contributed by atoms with Crippen LogP contribution in [0.25, 0.3) is 5.52 Å². The van der Waals surface area contributed by atoms with E-state index in [9.17, 15) is 0 Å². The van der Waals surface area contributed by atoms with Gasteiger partial charge >= 0.3 is 0 Å². The van der Waals surface area contributed by atoms with E-state index in [2.05, 4.69) is 38.4 Å². The van der Waals surface area contributed by atoms with E-state index in [1.165, 1.54) is 4.88 Å². The molecule has 0 spiro atoms. The van der Waals surface area contributed by atoms with Crippen LogP contribution in [-0.4, -0.2) is 9.38 Å². The molecule has 0 bridgehead atoms. The molecule has 3 aromatic heterocycles. The minimum atomic E-state index is 0.740. The Morgan fingerprint density at radius 2 is 2.24 bits per heavy atom. The molecule has 0 radical (unpaired) electrons. The van der Waals surface area contributed by atoms with Crippen molar-refractivity contribution < 1.29 is 0 Å². The smallest absolute Gasteiger partial charge is 0.134 e. The Labute approximate surface area is 111 Å². The summed E-state index contributed by atoms with van der Waals surface area (Å²) in [6, 6.07) is 8.00. The zero-order chi connectivity index (χ0) is 11.8. The highest BCUT2D eigenvalue weighted by atomic mass is 79.9. The molecule has 0 aliphatic carbocycles. The number of aromatic nitrogens is 2. The SMILES string of the molecule is Nc1cccn2c(Cc3cccs3)nc(Br)c12. The van der Waals surface area contributed by atoms with Gasteiger partial charge in [0.15, 0.2) is 0 Å². The van der Waals surface area contributed by atoms with Crippen molar-refractivity contribution >= 4 is 38.5 Å². The van der Waals surface area contributed by atoms with Gasteiger partial charge < -0.3 is 10.1 Å². The number of rotatable bonds is 2. The number of halogens is 1.